The Morgan fingerprint density at radius 1 is 0.872 bits per heavy atom. The lowest BCUT2D eigenvalue weighted by atomic mass is 10.0. The number of halogens is 1. The van der Waals surface area contributed by atoms with Crippen LogP contribution in [-0.4, -0.2) is 60.1 Å². The predicted octanol–water partition coefficient (Wildman–Crippen LogP) is 6.28. The molecule has 2 aliphatic rings. The summed E-state index contributed by atoms with van der Waals surface area (Å²) in [5, 5.41) is 3.69. The molecule has 3 aromatic carbocycles. The lowest BCUT2D eigenvalue weighted by Crippen LogP contribution is -2.26. The van der Waals surface area contributed by atoms with Crippen molar-refractivity contribution in [2.45, 2.75) is 25.7 Å². The van der Waals surface area contributed by atoms with Crippen LogP contribution in [0.1, 0.15) is 36.0 Å². The predicted molar refractivity (Wildman–Crippen MR) is 157 cm³/mol. The highest BCUT2D eigenvalue weighted by Crippen LogP contribution is 2.31. The molecular weight excluding hydrogens is 510 g/mol. The molecule has 0 radical (unpaired) electrons. The SMILES string of the molecule is O=C(Nc1ccc2nc(OCCN3CCCC3)c(N3CCCC3)nc2c1)c1ccc(-c2ccccc2Cl)cc1. The van der Waals surface area contributed by atoms with Crippen molar-refractivity contribution in [3.63, 3.8) is 0 Å². The Kier molecular flexibility index (Phi) is 7.61. The summed E-state index contributed by atoms with van der Waals surface area (Å²) in [5.41, 5.74) is 4.62. The number of anilines is 2. The molecule has 0 atom stereocenters. The Morgan fingerprint density at radius 3 is 2.38 bits per heavy atom. The third-order valence-corrected chi connectivity index (χ3v) is 7.79. The van der Waals surface area contributed by atoms with E-state index in [1.165, 1.54) is 12.8 Å². The fraction of sp³-hybridized carbons (Fsp3) is 0.323. The van der Waals surface area contributed by atoms with E-state index in [1.807, 2.05) is 66.7 Å². The van der Waals surface area contributed by atoms with Crippen molar-refractivity contribution < 1.29 is 9.53 Å². The van der Waals surface area contributed by atoms with Gasteiger partial charge in [-0.25, -0.2) is 9.97 Å². The minimum absolute atomic E-state index is 0.186. The standard InChI is InChI=1S/C31H32ClN5O2/c32-26-8-2-1-7-25(26)22-9-11-23(12-10-22)30(38)33-24-13-14-27-28(21-24)34-29(37-17-5-6-18-37)31(35-27)39-20-19-36-15-3-4-16-36/h1-2,7-14,21H,3-6,15-20H2,(H,33,38). The molecule has 1 amide bonds. The highest BCUT2D eigenvalue weighted by Gasteiger charge is 2.21. The average molecular weight is 542 g/mol. The Bertz CT molecular complexity index is 1460. The van der Waals surface area contributed by atoms with Crippen LogP contribution in [0.5, 0.6) is 5.88 Å². The molecule has 0 spiro atoms. The van der Waals surface area contributed by atoms with Gasteiger partial charge in [0.1, 0.15) is 6.61 Å². The number of amides is 1. The van der Waals surface area contributed by atoms with Gasteiger partial charge in [-0.3, -0.25) is 9.69 Å². The summed E-state index contributed by atoms with van der Waals surface area (Å²) in [6.45, 7) is 5.69. The molecule has 8 heteroatoms. The zero-order valence-corrected chi connectivity index (χ0v) is 22.7. The van der Waals surface area contributed by atoms with Gasteiger partial charge in [0.15, 0.2) is 5.82 Å². The van der Waals surface area contributed by atoms with Gasteiger partial charge in [-0.1, -0.05) is 41.9 Å². The summed E-state index contributed by atoms with van der Waals surface area (Å²) in [5.74, 6) is 1.20. The Hall–Kier alpha value is -3.68. The van der Waals surface area contributed by atoms with Gasteiger partial charge >= 0.3 is 0 Å². The van der Waals surface area contributed by atoms with Crippen molar-refractivity contribution in [1.82, 2.24) is 14.9 Å². The summed E-state index contributed by atoms with van der Waals surface area (Å²) in [6.07, 6.45) is 4.81. The van der Waals surface area contributed by atoms with Crippen molar-refractivity contribution in [1.29, 1.82) is 0 Å². The average Bonchev–Trinajstić information content (AvgIpc) is 3.68. The lowest BCUT2D eigenvalue weighted by molar-refractivity contribution is 0.102. The minimum atomic E-state index is -0.186. The van der Waals surface area contributed by atoms with Crippen LogP contribution in [0.15, 0.2) is 66.7 Å². The van der Waals surface area contributed by atoms with E-state index in [1.54, 1.807) is 0 Å². The Balaban J connectivity index is 1.19. The number of hydrogen-bond donors (Lipinski definition) is 1. The number of carbonyl (C=O) groups is 1. The number of nitrogens with one attached hydrogen (secondary N) is 1. The van der Waals surface area contributed by atoms with Crippen molar-refractivity contribution in [3.8, 4) is 17.0 Å². The minimum Gasteiger partial charge on any atom is -0.474 e. The molecule has 1 N–H and O–H groups in total. The largest absolute Gasteiger partial charge is 0.474 e. The molecule has 0 bridgehead atoms. The first kappa shape index (κ1) is 25.6. The van der Waals surface area contributed by atoms with Crippen LogP contribution in [-0.2, 0) is 0 Å². The van der Waals surface area contributed by atoms with Gasteiger partial charge < -0.3 is 15.0 Å². The lowest BCUT2D eigenvalue weighted by Gasteiger charge is -2.21. The zero-order valence-electron chi connectivity index (χ0n) is 21.9. The van der Waals surface area contributed by atoms with E-state index in [0.29, 0.717) is 28.8 Å². The second-order valence-corrected chi connectivity index (χ2v) is 10.6. The quantitative estimate of drug-likeness (QED) is 0.283. The molecule has 0 aliphatic carbocycles. The van der Waals surface area contributed by atoms with E-state index < -0.39 is 0 Å². The molecule has 200 valence electrons. The number of ether oxygens (including phenoxy) is 1. The second kappa shape index (κ2) is 11.6. The molecular formula is C31H32ClN5O2. The van der Waals surface area contributed by atoms with Crippen molar-refractivity contribution in [3.05, 3.63) is 77.3 Å². The van der Waals surface area contributed by atoms with E-state index >= 15 is 0 Å². The van der Waals surface area contributed by atoms with Crippen LogP contribution in [0.25, 0.3) is 22.2 Å². The van der Waals surface area contributed by atoms with Crippen molar-refractivity contribution in [2.75, 3.05) is 49.5 Å². The number of likely N-dealkylation sites (tertiary alicyclic amines) is 1. The van der Waals surface area contributed by atoms with Gasteiger partial charge in [-0.2, -0.15) is 0 Å². The number of fused-ring (bicyclic) bond motifs is 1. The molecule has 2 aliphatic heterocycles. The van der Waals surface area contributed by atoms with Gasteiger partial charge in [-0.15, -0.1) is 0 Å². The smallest absolute Gasteiger partial charge is 0.258 e. The van der Waals surface area contributed by atoms with E-state index in [2.05, 4.69) is 15.1 Å². The maximum absolute atomic E-state index is 13.0. The topological polar surface area (TPSA) is 70.6 Å². The fourth-order valence-corrected chi connectivity index (χ4v) is 5.56. The third kappa shape index (κ3) is 5.84. The normalized spacial score (nSPS) is 15.7. The molecule has 2 fully saturated rings. The maximum atomic E-state index is 13.0. The number of nitrogens with zero attached hydrogens (tertiary/aromatic N) is 4. The van der Waals surface area contributed by atoms with Gasteiger partial charge in [0.25, 0.3) is 11.8 Å². The Morgan fingerprint density at radius 2 is 1.62 bits per heavy atom. The van der Waals surface area contributed by atoms with E-state index in [4.69, 9.17) is 26.3 Å². The summed E-state index contributed by atoms with van der Waals surface area (Å²) in [4.78, 5) is 27.5. The number of rotatable bonds is 8. The van der Waals surface area contributed by atoms with Crippen LogP contribution < -0.4 is 15.0 Å². The highest BCUT2D eigenvalue weighted by atomic mass is 35.5. The summed E-state index contributed by atoms with van der Waals surface area (Å²) in [7, 11) is 0. The molecule has 3 heterocycles. The fourth-order valence-electron chi connectivity index (χ4n) is 5.32. The highest BCUT2D eigenvalue weighted by molar-refractivity contribution is 6.33. The Labute approximate surface area is 233 Å². The van der Waals surface area contributed by atoms with Gasteiger partial charge in [0.05, 0.1) is 11.0 Å². The molecule has 0 unspecified atom stereocenters. The number of aromatic nitrogens is 2. The van der Waals surface area contributed by atoms with Crippen LogP contribution in [0, 0.1) is 0 Å². The maximum Gasteiger partial charge on any atom is 0.258 e. The van der Waals surface area contributed by atoms with Gasteiger partial charge in [-0.05, 0) is 80.7 Å². The second-order valence-electron chi connectivity index (χ2n) is 10.2. The summed E-state index contributed by atoms with van der Waals surface area (Å²) >= 11 is 6.33. The van der Waals surface area contributed by atoms with Crippen LogP contribution in [0.4, 0.5) is 11.5 Å². The van der Waals surface area contributed by atoms with Crippen LogP contribution in [0.2, 0.25) is 5.02 Å². The first-order valence-corrected chi connectivity index (χ1v) is 14.1. The van der Waals surface area contributed by atoms with Crippen LogP contribution in [0.3, 0.4) is 0 Å². The molecule has 2 saturated heterocycles. The van der Waals surface area contributed by atoms with Crippen molar-refractivity contribution >= 4 is 40.0 Å². The first-order chi connectivity index (χ1) is 19.1. The first-order valence-electron chi connectivity index (χ1n) is 13.7. The number of benzene rings is 3. The van der Waals surface area contributed by atoms with Crippen LogP contribution >= 0.6 is 11.6 Å². The molecule has 4 aromatic rings. The molecule has 7 nitrogen and oxygen atoms in total. The van der Waals surface area contributed by atoms with E-state index in [-0.39, 0.29) is 5.91 Å². The van der Waals surface area contributed by atoms with Gasteiger partial charge in [0, 0.05) is 41.5 Å². The molecule has 0 saturated carbocycles. The number of carbonyl (C=O) groups excluding carboxylic acids is 1. The third-order valence-electron chi connectivity index (χ3n) is 7.46. The molecule has 6 rings (SSSR count). The molecule has 1 aromatic heterocycles. The van der Waals surface area contributed by atoms with Crippen molar-refractivity contribution in [2.24, 2.45) is 0 Å². The monoisotopic (exact) mass is 541 g/mol. The number of hydrogen-bond acceptors (Lipinski definition) is 6. The zero-order chi connectivity index (χ0) is 26.6. The van der Waals surface area contributed by atoms with Gasteiger partial charge in [0.2, 0.25) is 0 Å². The van der Waals surface area contributed by atoms with E-state index in [9.17, 15) is 4.79 Å². The summed E-state index contributed by atoms with van der Waals surface area (Å²) in [6, 6.07) is 20.8. The summed E-state index contributed by atoms with van der Waals surface area (Å²) < 4.78 is 6.19. The van der Waals surface area contributed by atoms with E-state index in [0.717, 1.165) is 73.5 Å². The molecule has 39 heavy (non-hydrogen) atoms.